The van der Waals surface area contributed by atoms with Crippen LogP contribution < -0.4 is 5.32 Å². The third kappa shape index (κ3) is 7.50. The second-order valence-corrected chi connectivity index (χ2v) is 6.82. The molecule has 1 N–H and O–H groups in total. The van der Waals surface area contributed by atoms with Crippen molar-refractivity contribution >= 4 is 11.9 Å². The van der Waals surface area contributed by atoms with Gasteiger partial charge in [-0.15, -0.1) is 0 Å². The Balaban J connectivity index is 2.91. The summed E-state index contributed by atoms with van der Waals surface area (Å²) in [5.41, 5.74) is 2.54. The third-order valence-corrected chi connectivity index (χ3v) is 4.99. The van der Waals surface area contributed by atoms with Crippen LogP contribution in [0.15, 0.2) is 29.3 Å². The highest BCUT2D eigenvalue weighted by Gasteiger charge is 2.15. The topological polar surface area (TPSA) is 51.2 Å². The Morgan fingerprint density at radius 1 is 0.964 bits per heavy atom. The second-order valence-electron chi connectivity index (χ2n) is 6.82. The molecule has 1 amide bonds. The van der Waals surface area contributed by atoms with Crippen LogP contribution in [0, 0.1) is 0 Å². The molecule has 0 atom stereocenters. The van der Waals surface area contributed by atoms with E-state index >= 15 is 0 Å². The summed E-state index contributed by atoms with van der Waals surface area (Å²) in [6.45, 7) is 16.6. The van der Waals surface area contributed by atoms with Gasteiger partial charge in [-0.2, -0.15) is 0 Å². The average Bonchev–Trinajstić information content (AvgIpc) is 2.70. The van der Waals surface area contributed by atoms with Crippen molar-refractivity contribution in [3.05, 3.63) is 35.4 Å². The number of hydrogen-bond acceptors (Lipinski definition) is 3. The van der Waals surface area contributed by atoms with Crippen molar-refractivity contribution in [2.24, 2.45) is 4.99 Å². The zero-order chi connectivity index (χ0) is 20.9. The molecule has 1 aromatic rings. The molecule has 0 heterocycles. The lowest BCUT2D eigenvalue weighted by Crippen LogP contribution is -2.45. The Kier molecular flexibility index (Phi) is 11.3. The van der Waals surface area contributed by atoms with E-state index in [1.807, 2.05) is 37.6 Å². The third-order valence-electron chi connectivity index (χ3n) is 4.99. The molecule has 0 unspecified atom stereocenters. The largest absolute Gasteiger partial charge is 0.357 e. The standard InChI is InChI=1S/C22H39N5O/c1-7-23-22(25(6)18-21(28)27(10-4)11-5)24-16-19-14-12-13-15-20(19)17-26(8-2)9-3/h12-15H,7-11,16-18H2,1-6H3,(H,23,24). The summed E-state index contributed by atoms with van der Waals surface area (Å²) in [6.07, 6.45) is 0. The van der Waals surface area contributed by atoms with Crippen LogP contribution in [-0.4, -0.2) is 72.9 Å². The van der Waals surface area contributed by atoms with Gasteiger partial charge in [0.2, 0.25) is 5.91 Å². The summed E-state index contributed by atoms with van der Waals surface area (Å²) in [7, 11) is 1.92. The van der Waals surface area contributed by atoms with E-state index < -0.39 is 0 Å². The molecule has 0 aliphatic carbocycles. The zero-order valence-electron chi connectivity index (χ0n) is 18.7. The highest BCUT2D eigenvalue weighted by Crippen LogP contribution is 2.13. The van der Waals surface area contributed by atoms with E-state index in [1.54, 1.807) is 0 Å². The van der Waals surface area contributed by atoms with E-state index in [2.05, 4.69) is 48.3 Å². The predicted molar refractivity (Wildman–Crippen MR) is 118 cm³/mol. The van der Waals surface area contributed by atoms with E-state index in [0.29, 0.717) is 13.1 Å². The van der Waals surface area contributed by atoms with Gasteiger partial charge in [0.25, 0.3) is 0 Å². The first-order valence-corrected chi connectivity index (χ1v) is 10.6. The number of carbonyl (C=O) groups excluding carboxylic acids is 1. The molecule has 0 fully saturated rings. The summed E-state index contributed by atoms with van der Waals surface area (Å²) >= 11 is 0. The van der Waals surface area contributed by atoms with Crippen molar-refractivity contribution in [1.82, 2.24) is 20.0 Å². The number of likely N-dealkylation sites (N-methyl/N-ethyl adjacent to an activating group) is 2. The van der Waals surface area contributed by atoms with E-state index in [9.17, 15) is 4.79 Å². The number of nitrogens with one attached hydrogen (secondary N) is 1. The van der Waals surface area contributed by atoms with Gasteiger partial charge in [-0.3, -0.25) is 9.69 Å². The SMILES string of the molecule is CCNC(=NCc1ccccc1CN(CC)CC)N(C)CC(=O)N(CC)CC. The van der Waals surface area contributed by atoms with Gasteiger partial charge in [-0.25, -0.2) is 4.99 Å². The fraction of sp³-hybridized carbons (Fsp3) is 0.636. The Labute approximate surface area is 171 Å². The van der Waals surface area contributed by atoms with Crippen LogP contribution in [0.4, 0.5) is 0 Å². The van der Waals surface area contributed by atoms with Crippen LogP contribution in [0.3, 0.4) is 0 Å². The highest BCUT2D eigenvalue weighted by atomic mass is 16.2. The van der Waals surface area contributed by atoms with Crippen molar-refractivity contribution in [2.45, 2.75) is 47.7 Å². The van der Waals surface area contributed by atoms with Crippen molar-refractivity contribution in [3.63, 3.8) is 0 Å². The Morgan fingerprint density at radius 2 is 1.57 bits per heavy atom. The number of benzene rings is 1. The lowest BCUT2D eigenvalue weighted by atomic mass is 10.1. The molecular formula is C22H39N5O. The average molecular weight is 390 g/mol. The predicted octanol–water partition coefficient (Wildman–Crippen LogP) is 2.79. The molecule has 0 radical (unpaired) electrons. The molecule has 158 valence electrons. The first kappa shape index (κ1) is 24.0. The number of guanidine groups is 1. The van der Waals surface area contributed by atoms with Gasteiger partial charge in [-0.05, 0) is 45.0 Å². The van der Waals surface area contributed by atoms with Gasteiger partial charge in [0, 0.05) is 33.2 Å². The summed E-state index contributed by atoms with van der Waals surface area (Å²) < 4.78 is 0. The van der Waals surface area contributed by atoms with Crippen molar-refractivity contribution < 1.29 is 4.79 Å². The number of rotatable bonds is 11. The molecule has 28 heavy (non-hydrogen) atoms. The van der Waals surface area contributed by atoms with Crippen LogP contribution in [0.5, 0.6) is 0 Å². The minimum Gasteiger partial charge on any atom is -0.357 e. The van der Waals surface area contributed by atoms with E-state index in [4.69, 9.17) is 4.99 Å². The van der Waals surface area contributed by atoms with Gasteiger partial charge in [0.15, 0.2) is 5.96 Å². The summed E-state index contributed by atoms with van der Waals surface area (Å²) in [5, 5.41) is 3.31. The number of amides is 1. The Morgan fingerprint density at radius 3 is 2.11 bits per heavy atom. The quantitative estimate of drug-likeness (QED) is 0.467. The molecule has 0 saturated carbocycles. The molecule has 6 nitrogen and oxygen atoms in total. The normalized spacial score (nSPS) is 11.6. The first-order chi connectivity index (χ1) is 13.5. The Hall–Kier alpha value is -2.08. The number of aliphatic imine (C=N–C) groups is 1. The second kappa shape index (κ2) is 13.2. The van der Waals surface area contributed by atoms with Crippen LogP contribution in [0.2, 0.25) is 0 Å². The molecule has 0 aliphatic heterocycles. The van der Waals surface area contributed by atoms with Gasteiger partial charge in [0.1, 0.15) is 0 Å². The maximum absolute atomic E-state index is 12.4. The summed E-state index contributed by atoms with van der Waals surface area (Å²) in [6, 6.07) is 8.49. The lowest BCUT2D eigenvalue weighted by Gasteiger charge is -2.26. The molecule has 0 aromatic heterocycles. The Bertz CT molecular complexity index is 609. The van der Waals surface area contributed by atoms with Crippen LogP contribution >= 0.6 is 0 Å². The zero-order valence-corrected chi connectivity index (χ0v) is 18.7. The summed E-state index contributed by atoms with van der Waals surface area (Å²) in [5.74, 6) is 0.890. The van der Waals surface area contributed by atoms with Crippen molar-refractivity contribution in [1.29, 1.82) is 0 Å². The molecule has 0 spiro atoms. The minimum atomic E-state index is 0.125. The smallest absolute Gasteiger partial charge is 0.242 e. The monoisotopic (exact) mass is 389 g/mol. The van der Waals surface area contributed by atoms with Gasteiger partial charge < -0.3 is 15.1 Å². The molecule has 0 aliphatic rings. The first-order valence-electron chi connectivity index (χ1n) is 10.6. The van der Waals surface area contributed by atoms with Crippen LogP contribution in [0.25, 0.3) is 0 Å². The molecule has 0 saturated heterocycles. The molecule has 0 bridgehead atoms. The molecular weight excluding hydrogens is 350 g/mol. The number of hydrogen-bond donors (Lipinski definition) is 1. The lowest BCUT2D eigenvalue weighted by molar-refractivity contribution is -0.131. The van der Waals surface area contributed by atoms with Crippen molar-refractivity contribution in [2.75, 3.05) is 46.3 Å². The van der Waals surface area contributed by atoms with Crippen LogP contribution in [0.1, 0.15) is 45.7 Å². The maximum atomic E-state index is 12.4. The van der Waals surface area contributed by atoms with E-state index in [1.165, 1.54) is 11.1 Å². The van der Waals surface area contributed by atoms with Crippen LogP contribution in [-0.2, 0) is 17.9 Å². The molecule has 1 aromatic carbocycles. The van der Waals surface area contributed by atoms with Gasteiger partial charge in [0.05, 0.1) is 13.1 Å². The van der Waals surface area contributed by atoms with Gasteiger partial charge >= 0.3 is 0 Å². The van der Waals surface area contributed by atoms with Crippen molar-refractivity contribution in [3.8, 4) is 0 Å². The molecule has 6 heteroatoms. The summed E-state index contributed by atoms with van der Waals surface area (Å²) in [4.78, 5) is 23.4. The fourth-order valence-electron chi connectivity index (χ4n) is 3.14. The molecule has 1 rings (SSSR count). The van der Waals surface area contributed by atoms with E-state index in [-0.39, 0.29) is 5.91 Å². The number of nitrogens with zero attached hydrogens (tertiary/aromatic N) is 4. The highest BCUT2D eigenvalue weighted by molar-refractivity contribution is 5.86. The maximum Gasteiger partial charge on any atom is 0.242 e. The van der Waals surface area contributed by atoms with E-state index in [0.717, 1.165) is 45.2 Å². The fourth-order valence-corrected chi connectivity index (χ4v) is 3.14. The minimum absolute atomic E-state index is 0.125. The van der Waals surface area contributed by atoms with Gasteiger partial charge in [-0.1, -0.05) is 38.1 Å². The number of carbonyl (C=O) groups is 1.